The Balaban J connectivity index is 1.80. The maximum Gasteiger partial charge on any atom is 0.162 e. The first kappa shape index (κ1) is 23.4. The van der Waals surface area contributed by atoms with E-state index in [2.05, 4.69) is 16.9 Å². The average Bonchev–Trinajstić information content (AvgIpc) is 2.71. The van der Waals surface area contributed by atoms with Crippen LogP contribution in [0.3, 0.4) is 0 Å². The summed E-state index contributed by atoms with van der Waals surface area (Å²) >= 11 is 0. The summed E-state index contributed by atoms with van der Waals surface area (Å²) in [6.45, 7) is 3.82. The average molecular weight is 403 g/mol. The minimum atomic E-state index is -0.732. The fourth-order valence-electron chi connectivity index (χ4n) is 3.56. The monoisotopic (exact) mass is 402 g/mol. The van der Waals surface area contributed by atoms with E-state index in [0.29, 0.717) is 17.8 Å². The number of benzene rings is 1. The summed E-state index contributed by atoms with van der Waals surface area (Å²) in [6, 6.07) is 5.31. The molecular formula is C25H36F2N2. The summed E-state index contributed by atoms with van der Waals surface area (Å²) < 4.78 is 27.3. The molecule has 0 amide bonds. The van der Waals surface area contributed by atoms with E-state index in [4.69, 9.17) is 0 Å². The van der Waals surface area contributed by atoms with E-state index in [0.717, 1.165) is 49.7 Å². The van der Waals surface area contributed by atoms with Gasteiger partial charge in [-0.25, -0.2) is 18.7 Å². The molecule has 1 heterocycles. The van der Waals surface area contributed by atoms with E-state index >= 15 is 0 Å². The highest BCUT2D eigenvalue weighted by atomic mass is 19.1. The van der Waals surface area contributed by atoms with Crippen molar-refractivity contribution in [3.05, 3.63) is 47.5 Å². The van der Waals surface area contributed by atoms with Crippen molar-refractivity contribution in [2.75, 3.05) is 0 Å². The topological polar surface area (TPSA) is 25.8 Å². The van der Waals surface area contributed by atoms with Gasteiger partial charge in [-0.05, 0) is 62.3 Å². The molecule has 0 radical (unpaired) electrons. The lowest BCUT2D eigenvalue weighted by molar-refractivity contribution is 0.330. The van der Waals surface area contributed by atoms with Crippen LogP contribution in [-0.4, -0.2) is 16.1 Å². The van der Waals surface area contributed by atoms with Crippen molar-refractivity contribution in [3.63, 3.8) is 0 Å². The van der Waals surface area contributed by atoms with Gasteiger partial charge in [-0.3, -0.25) is 0 Å². The molecule has 0 aliphatic heterocycles. The van der Waals surface area contributed by atoms with Crippen molar-refractivity contribution in [1.82, 2.24) is 9.97 Å². The number of hydrogen-bond donors (Lipinski definition) is 0. The van der Waals surface area contributed by atoms with Crippen molar-refractivity contribution in [3.8, 4) is 11.4 Å². The first-order valence-electron chi connectivity index (χ1n) is 11.3. The van der Waals surface area contributed by atoms with Crippen LogP contribution in [0.2, 0.25) is 0 Å². The molecule has 4 heteroatoms. The van der Waals surface area contributed by atoms with Crippen LogP contribution in [-0.2, 0) is 12.8 Å². The number of aryl methyl sites for hydroxylation is 2. The summed E-state index contributed by atoms with van der Waals surface area (Å²) in [7, 11) is 0. The van der Waals surface area contributed by atoms with Gasteiger partial charge in [-0.2, -0.15) is 0 Å². The molecule has 2 nitrogen and oxygen atoms in total. The van der Waals surface area contributed by atoms with Crippen LogP contribution in [0.25, 0.3) is 11.4 Å². The van der Waals surface area contributed by atoms with Gasteiger partial charge in [0.1, 0.15) is 5.82 Å². The second-order valence-corrected chi connectivity index (χ2v) is 8.13. The van der Waals surface area contributed by atoms with Crippen LogP contribution in [0.5, 0.6) is 0 Å². The van der Waals surface area contributed by atoms with Crippen molar-refractivity contribution in [1.29, 1.82) is 0 Å². The zero-order chi connectivity index (χ0) is 20.9. The minimum Gasteiger partial charge on any atom is -0.248 e. The number of rotatable bonds is 14. The van der Waals surface area contributed by atoms with Gasteiger partial charge in [-0.1, -0.05) is 57.9 Å². The lowest BCUT2D eigenvalue weighted by atomic mass is 10.0. The zero-order valence-corrected chi connectivity index (χ0v) is 18.1. The van der Waals surface area contributed by atoms with Crippen molar-refractivity contribution < 1.29 is 8.78 Å². The Kier molecular flexibility index (Phi) is 10.8. The first-order chi connectivity index (χ1) is 14.1. The molecule has 0 spiro atoms. The summed E-state index contributed by atoms with van der Waals surface area (Å²) in [6.07, 6.45) is 15.7. The van der Waals surface area contributed by atoms with Gasteiger partial charge >= 0.3 is 0 Å². The Bertz CT molecular complexity index is 698. The second-order valence-electron chi connectivity index (χ2n) is 8.13. The van der Waals surface area contributed by atoms with Gasteiger partial charge in [-0.15, -0.1) is 0 Å². The molecule has 0 aliphatic rings. The lowest BCUT2D eigenvalue weighted by Crippen LogP contribution is -1.97. The van der Waals surface area contributed by atoms with E-state index in [9.17, 15) is 8.78 Å². The molecule has 0 bridgehead atoms. The lowest BCUT2D eigenvalue weighted by Gasteiger charge is -2.07. The van der Waals surface area contributed by atoms with Gasteiger partial charge in [0.2, 0.25) is 0 Å². The fraction of sp³-hybridized carbons (Fsp3) is 0.600. The highest BCUT2D eigenvalue weighted by Gasteiger charge is 2.09. The van der Waals surface area contributed by atoms with E-state index in [1.54, 1.807) is 19.1 Å². The highest BCUT2D eigenvalue weighted by Crippen LogP contribution is 2.22. The number of nitrogens with zero attached hydrogens (tertiary/aromatic N) is 2. The molecule has 0 fully saturated rings. The zero-order valence-electron chi connectivity index (χ0n) is 18.1. The Morgan fingerprint density at radius 1 is 0.828 bits per heavy atom. The Morgan fingerprint density at radius 2 is 1.45 bits per heavy atom. The van der Waals surface area contributed by atoms with Crippen molar-refractivity contribution in [2.45, 2.75) is 97.1 Å². The van der Waals surface area contributed by atoms with Crippen LogP contribution in [0.15, 0.2) is 30.6 Å². The third-order valence-corrected chi connectivity index (χ3v) is 5.37. The predicted molar refractivity (Wildman–Crippen MR) is 117 cm³/mol. The van der Waals surface area contributed by atoms with E-state index < -0.39 is 6.17 Å². The smallest absolute Gasteiger partial charge is 0.162 e. The van der Waals surface area contributed by atoms with E-state index in [1.807, 2.05) is 18.5 Å². The van der Waals surface area contributed by atoms with Crippen LogP contribution in [0.1, 0.15) is 89.2 Å². The molecule has 1 aromatic carbocycles. The second kappa shape index (κ2) is 13.4. The summed E-state index contributed by atoms with van der Waals surface area (Å²) in [5.74, 6) is 0.168. The fourth-order valence-corrected chi connectivity index (χ4v) is 3.56. The van der Waals surface area contributed by atoms with Gasteiger partial charge in [0, 0.05) is 12.4 Å². The van der Waals surface area contributed by atoms with Crippen molar-refractivity contribution in [2.24, 2.45) is 0 Å². The first-order valence-corrected chi connectivity index (χ1v) is 11.3. The molecule has 29 heavy (non-hydrogen) atoms. The van der Waals surface area contributed by atoms with Gasteiger partial charge in [0.15, 0.2) is 5.82 Å². The van der Waals surface area contributed by atoms with E-state index in [-0.39, 0.29) is 5.82 Å². The summed E-state index contributed by atoms with van der Waals surface area (Å²) in [5.41, 5.74) is 2.54. The third kappa shape index (κ3) is 9.01. The van der Waals surface area contributed by atoms with E-state index in [1.165, 1.54) is 32.1 Å². The molecule has 2 aromatic rings. The summed E-state index contributed by atoms with van der Waals surface area (Å²) in [5, 5.41) is 0. The number of aromatic nitrogens is 2. The van der Waals surface area contributed by atoms with Crippen LogP contribution < -0.4 is 0 Å². The predicted octanol–water partition coefficient (Wildman–Crippen LogP) is 7.65. The number of halogens is 2. The normalized spacial score (nSPS) is 12.3. The SMILES string of the molecule is CCCCCCCCc1cnc(-c2ccc(CCCCCC(C)F)cc2F)nc1. The molecule has 0 aliphatic carbocycles. The molecule has 0 saturated carbocycles. The number of alkyl halides is 1. The largest absolute Gasteiger partial charge is 0.248 e. The maximum atomic E-state index is 14.5. The van der Waals surface area contributed by atoms with Crippen LogP contribution in [0, 0.1) is 5.82 Å². The maximum absolute atomic E-state index is 14.5. The quantitative estimate of drug-likeness (QED) is 0.303. The van der Waals surface area contributed by atoms with Crippen LogP contribution in [0.4, 0.5) is 8.78 Å². The Morgan fingerprint density at radius 3 is 2.10 bits per heavy atom. The molecule has 1 aromatic heterocycles. The molecule has 0 N–H and O–H groups in total. The summed E-state index contributed by atoms with van der Waals surface area (Å²) in [4.78, 5) is 8.77. The number of hydrogen-bond acceptors (Lipinski definition) is 2. The van der Waals surface area contributed by atoms with Gasteiger partial charge in [0.05, 0.1) is 11.7 Å². The molecule has 2 rings (SSSR count). The molecular weight excluding hydrogens is 366 g/mol. The molecule has 0 saturated heterocycles. The highest BCUT2D eigenvalue weighted by molar-refractivity contribution is 5.56. The van der Waals surface area contributed by atoms with Gasteiger partial charge < -0.3 is 0 Å². The Hall–Kier alpha value is -1.84. The Labute approximate surface area is 175 Å². The number of unbranched alkanes of at least 4 members (excludes halogenated alkanes) is 7. The third-order valence-electron chi connectivity index (χ3n) is 5.37. The molecule has 160 valence electrons. The molecule has 1 unspecified atom stereocenters. The van der Waals surface area contributed by atoms with Crippen molar-refractivity contribution >= 4 is 0 Å². The molecule has 1 atom stereocenters. The standard InChI is InChI=1S/C25H36F2N2/c1-3-4-5-6-7-10-14-22-18-28-25(29-19-22)23-16-15-21(17-24(23)27)13-11-8-9-12-20(2)26/h15-20H,3-14H2,1-2H3. The van der Waals surface area contributed by atoms with Crippen LogP contribution >= 0.6 is 0 Å². The van der Waals surface area contributed by atoms with Gasteiger partial charge in [0.25, 0.3) is 0 Å². The minimum absolute atomic E-state index is 0.274.